The average molecular weight is 495 g/mol. The van der Waals surface area contributed by atoms with Crippen LogP contribution in [0.25, 0.3) is 10.2 Å². The summed E-state index contributed by atoms with van der Waals surface area (Å²) in [6, 6.07) is 8.66. The lowest BCUT2D eigenvalue weighted by Gasteiger charge is -2.26. The number of halogens is 2. The zero-order valence-electron chi connectivity index (χ0n) is 15.4. The van der Waals surface area contributed by atoms with Gasteiger partial charge < -0.3 is 9.42 Å². The number of benzene rings is 2. The SMILES string of the molecule is CCOP(=O)(O)CN(c1ccc2sc(C)nc2c1)S(=O)(=O)c1cc(Cl)cc(Cl)c1. The van der Waals surface area contributed by atoms with E-state index in [1.165, 1.54) is 29.5 Å². The van der Waals surface area contributed by atoms with Gasteiger partial charge in [-0.2, -0.15) is 0 Å². The third-order valence-corrected chi connectivity index (χ3v) is 8.46. The van der Waals surface area contributed by atoms with E-state index in [0.29, 0.717) is 5.52 Å². The Morgan fingerprint density at radius 3 is 2.48 bits per heavy atom. The normalized spacial score (nSPS) is 14.1. The molecule has 0 aliphatic rings. The molecular weight excluding hydrogens is 478 g/mol. The maximum absolute atomic E-state index is 13.4. The molecule has 1 heterocycles. The Morgan fingerprint density at radius 2 is 1.86 bits per heavy atom. The van der Waals surface area contributed by atoms with Gasteiger partial charge in [0.15, 0.2) is 0 Å². The molecule has 0 spiro atoms. The van der Waals surface area contributed by atoms with Crippen molar-refractivity contribution in [3.8, 4) is 0 Å². The van der Waals surface area contributed by atoms with Gasteiger partial charge in [0.2, 0.25) is 0 Å². The second-order valence-electron chi connectivity index (χ2n) is 6.04. The fourth-order valence-corrected chi connectivity index (χ4v) is 7.37. The number of fused-ring (bicyclic) bond motifs is 1. The van der Waals surface area contributed by atoms with Gasteiger partial charge in [-0.05, 0) is 50.2 Å². The Bertz CT molecular complexity index is 1200. The number of thiazole rings is 1. The summed E-state index contributed by atoms with van der Waals surface area (Å²) in [7, 11) is -8.53. The molecule has 0 saturated heterocycles. The number of sulfonamides is 1. The highest BCUT2D eigenvalue weighted by Crippen LogP contribution is 2.45. The van der Waals surface area contributed by atoms with Gasteiger partial charge in [0.05, 0.1) is 32.4 Å². The molecule has 12 heteroatoms. The number of hydrogen-bond acceptors (Lipinski definition) is 6. The minimum Gasteiger partial charge on any atom is -0.323 e. The van der Waals surface area contributed by atoms with Gasteiger partial charge >= 0.3 is 7.60 Å². The van der Waals surface area contributed by atoms with E-state index in [4.69, 9.17) is 27.7 Å². The first-order valence-electron chi connectivity index (χ1n) is 8.34. The summed E-state index contributed by atoms with van der Waals surface area (Å²) < 4.78 is 45.7. The van der Waals surface area contributed by atoms with Crippen molar-refractivity contribution >= 4 is 68.1 Å². The first kappa shape index (κ1) is 22.5. The van der Waals surface area contributed by atoms with E-state index >= 15 is 0 Å². The molecule has 0 saturated carbocycles. The third kappa shape index (κ3) is 5.11. The lowest BCUT2D eigenvalue weighted by atomic mass is 10.3. The smallest absolute Gasteiger partial charge is 0.323 e. The van der Waals surface area contributed by atoms with E-state index in [9.17, 15) is 17.9 Å². The molecule has 1 N–H and O–H groups in total. The zero-order chi connectivity index (χ0) is 21.4. The molecule has 7 nitrogen and oxygen atoms in total. The molecule has 0 amide bonds. The molecular formula is C17H17Cl2N2O5PS2. The minimum atomic E-state index is -4.28. The predicted molar refractivity (Wildman–Crippen MR) is 117 cm³/mol. The van der Waals surface area contributed by atoms with E-state index in [0.717, 1.165) is 14.0 Å². The summed E-state index contributed by atoms with van der Waals surface area (Å²) in [5.74, 6) is 0. The summed E-state index contributed by atoms with van der Waals surface area (Å²) in [6.07, 6.45) is -0.776. The molecule has 3 rings (SSSR count). The van der Waals surface area contributed by atoms with Crippen LogP contribution in [0.5, 0.6) is 0 Å². The molecule has 0 fully saturated rings. The third-order valence-electron chi connectivity index (χ3n) is 3.83. The van der Waals surface area contributed by atoms with E-state index in [-0.39, 0.29) is 27.2 Å². The number of anilines is 1. The van der Waals surface area contributed by atoms with Crippen LogP contribution in [0, 0.1) is 6.92 Å². The Labute approximate surface area is 182 Å². The summed E-state index contributed by atoms with van der Waals surface area (Å²) in [5.41, 5.74) is 0.756. The van der Waals surface area contributed by atoms with Gasteiger partial charge in [0.25, 0.3) is 10.0 Å². The van der Waals surface area contributed by atoms with Crippen molar-refractivity contribution in [1.29, 1.82) is 0 Å². The summed E-state index contributed by atoms with van der Waals surface area (Å²) in [4.78, 5) is 14.3. The van der Waals surface area contributed by atoms with Crippen LogP contribution in [0.4, 0.5) is 5.69 Å². The standard InChI is InChI=1S/C17H17Cl2N2O5PS2/c1-3-26-27(22,23)10-21(14-4-5-17-16(9-14)20-11(2)28-17)29(24,25)15-7-12(18)6-13(19)8-15/h4-9H,3,10H2,1-2H3,(H,22,23). The van der Waals surface area contributed by atoms with Crippen molar-refractivity contribution in [2.45, 2.75) is 18.7 Å². The zero-order valence-corrected chi connectivity index (χ0v) is 19.4. The first-order valence-corrected chi connectivity index (χ1v) is 13.1. The highest BCUT2D eigenvalue weighted by atomic mass is 35.5. The molecule has 1 unspecified atom stereocenters. The quantitative estimate of drug-likeness (QED) is 0.448. The summed E-state index contributed by atoms with van der Waals surface area (Å²) in [6.45, 7) is 3.33. The molecule has 1 atom stereocenters. The number of rotatable bonds is 7. The summed E-state index contributed by atoms with van der Waals surface area (Å²) in [5, 5.41) is 1.06. The van der Waals surface area contributed by atoms with Crippen LogP contribution in [0.1, 0.15) is 11.9 Å². The largest absolute Gasteiger partial charge is 0.348 e. The number of hydrogen-bond donors (Lipinski definition) is 1. The first-order chi connectivity index (χ1) is 13.5. The summed E-state index contributed by atoms with van der Waals surface area (Å²) >= 11 is 13.4. The number of aryl methyl sites for hydroxylation is 1. The molecule has 156 valence electrons. The monoisotopic (exact) mass is 494 g/mol. The second-order valence-corrected chi connectivity index (χ2v) is 11.8. The fraction of sp³-hybridized carbons (Fsp3) is 0.235. The van der Waals surface area contributed by atoms with Crippen LogP contribution in [-0.2, 0) is 19.1 Å². The molecule has 3 aromatic rings. The molecule has 29 heavy (non-hydrogen) atoms. The Hall–Kier alpha value is -1.19. The Balaban J connectivity index is 2.16. The highest BCUT2D eigenvalue weighted by Gasteiger charge is 2.33. The molecule has 1 aromatic heterocycles. The number of aromatic nitrogens is 1. The Morgan fingerprint density at radius 1 is 1.21 bits per heavy atom. The van der Waals surface area contributed by atoms with Gasteiger partial charge in [-0.15, -0.1) is 11.3 Å². The topological polar surface area (TPSA) is 96.8 Å². The van der Waals surface area contributed by atoms with E-state index in [2.05, 4.69) is 4.98 Å². The van der Waals surface area contributed by atoms with Crippen LogP contribution in [-0.4, -0.2) is 31.2 Å². The van der Waals surface area contributed by atoms with Crippen LogP contribution >= 0.6 is 42.1 Å². The minimum absolute atomic E-state index is 0.0467. The fourth-order valence-electron chi connectivity index (χ4n) is 2.69. The lowest BCUT2D eigenvalue weighted by molar-refractivity contribution is 0.274. The van der Waals surface area contributed by atoms with Crippen molar-refractivity contribution in [2.75, 3.05) is 17.2 Å². The molecule has 2 aromatic carbocycles. The van der Waals surface area contributed by atoms with Crippen molar-refractivity contribution in [3.63, 3.8) is 0 Å². The van der Waals surface area contributed by atoms with Gasteiger partial charge in [0.1, 0.15) is 6.29 Å². The lowest BCUT2D eigenvalue weighted by Crippen LogP contribution is -2.32. The van der Waals surface area contributed by atoms with Gasteiger partial charge in [0, 0.05) is 10.0 Å². The maximum Gasteiger partial charge on any atom is 0.348 e. The van der Waals surface area contributed by atoms with Gasteiger partial charge in [-0.3, -0.25) is 8.87 Å². The van der Waals surface area contributed by atoms with Crippen LogP contribution in [0.15, 0.2) is 41.3 Å². The number of nitrogens with zero attached hydrogens (tertiary/aromatic N) is 2. The molecule has 0 aliphatic carbocycles. The predicted octanol–water partition coefficient (Wildman–Crippen LogP) is 5.29. The molecule has 0 bridgehead atoms. The van der Waals surface area contributed by atoms with E-state index in [1.54, 1.807) is 25.1 Å². The van der Waals surface area contributed by atoms with Crippen molar-refractivity contribution in [3.05, 3.63) is 51.5 Å². The maximum atomic E-state index is 13.4. The molecule has 0 aliphatic heterocycles. The van der Waals surface area contributed by atoms with Crippen molar-refractivity contribution in [1.82, 2.24) is 4.98 Å². The Kier molecular flexibility index (Phi) is 6.60. The van der Waals surface area contributed by atoms with Crippen molar-refractivity contribution in [2.24, 2.45) is 0 Å². The van der Waals surface area contributed by atoms with Crippen LogP contribution in [0.2, 0.25) is 10.0 Å². The molecule has 0 radical (unpaired) electrons. The van der Waals surface area contributed by atoms with Crippen LogP contribution < -0.4 is 4.31 Å². The van der Waals surface area contributed by atoms with Gasteiger partial charge in [-0.1, -0.05) is 23.2 Å². The average Bonchev–Trinajstić information content (AvgIpc) is 2.97. The highest BCUT2D eigenvalue weighted by molar-refractivity contribution is 7.93. The second kappa shape index (κ2) is 8.51. The van der Waals surface area contributed by atoms with Crippen molar-refractivity contribution < 1.29 is 22.4 Å². The van der Waals surface area contributed by atoms with Crippen LogP contribution in [0.3, 0.4) is 0 Å². The van der Waals surface area contributed by atoms with E-state index in [1.807, 2.05) is 6.92 Å². The van der Waals surface area contributed by atoms with Gasteiger partial charge in [-0.25, -0.2) is 13.4 Å². The van der Waals surface area contributed by atoms with E-state index < -0.39 is 23.9 Å².